The number of nitrogen functional groups attached to an aromatic ring is 2. The standard InChI is InChI=1S/C19H17N5O2.C15H15N3O2/c1-11-17-14(24-18(20)23-11)9-12(10-15(17)25)13-5-2-3-6-16(13)26-19-21-7-4-8-22-19;1-8-14-11(18-15(16)17-8)6-9(7-13(14)20)10-4-2-3-5-12(10)19/h2-8,12H,9-10H2,1H3,(H2,20,23,24);2-5,9,19H,6-7H2,1H3,(H2,16,17,18). The van der Waals surface area contributed by atoms with Crippen LogP contribution in [0, 0.1) is 13.8 Å². The largest absolute Gasteiger partial charge is 0.508 e. The maximum Gasteiger partial charge on any atom is 0.321 e. The minimum Gasteiger partial charge on any atom is -0.508 e. The summed E-state index contributed by atoms with van der Waals surface area (Å²) in [4.78, 5) is 49.8. The van der Waals surface area contributed by atoms with Gasteiger partial charge >= 0.3 is 6.01 Å². The van der Waals surface area contributed by atoms with Crippen LogP contribution in [0.4, 0.5) is 11.9 Å². The van der Waals surface area contributed by atoms with Crippen molar-refractivity contribution in [3.63, 3.8) is 0 Å². The van der Waals surface area contributed by atoms with E-state index in [0.717, 1.165) is 11.1 Å². The number of aromatic hydroxyl groups is 1. The van der Waals surface area contributed by atoms with Gasteiger partial charge in [0.25, 0.3) is 0 Å². The molecule has 7 rings (SSSR count). The summed E-state index contributed by atoms with van der Waals surface area (Å²) >= 11 is 0. The lowest BCUT2D eigenvalue weighted by Crippen LogP contribution is -2.23. The Hall–Kier alpha value is -5.78. The third-order valence-electron chi connectivity index (χ3n) is 8.14. The van der Waals surface area contributed by atoms with Gasteiger partial charge in [-0.05, 0) is 56.0 Å². The summed E-state index contributed by atoms with van der Waals surface area (Å²) in [6.07, 6.45) is 5.16. The van der Waals surface area contributed by atoms with Gasteiger partial charge in [0.2, 0.25) is 11.9 Å². The molecule has 5 aromatic rings. The smallest absolute Gasteiger partial charge is 0.321 e. The molecule has 5 N–H and O–H groups in total. The van der Waals surface area contributed by atoms with E-state index in [0.29, 0.717) is 65.3 Å². The first-order valence-corrected chi connectivity index (χ1v) is 14.8. The molecule has 0 amide bonds. The highest BCUT2D eigenvalue weighted by Crippen LogP contribution is 2.39. The number of phenolic OH excluding ortho intramolecular Hbond substituents is 1. The zero-order valence-electron chi connectivity index (χ0n) is 25.3. The summed E-state index contributed by atoms with van der Waals surface area (Å²) in [5, 5.41) is 9.94. The first-order chi connectivity index (χ1) is 22.2. The van der Waals surface area contributed by atoms with E-state index in [9.17, 15) is 14.7 Å². The summed E-state index contributed by atoms with van der Waals surface area (Å²) in [6.45, 7) is 3.56. The Morgan fingerprint density at radius 1 is 0.674 bits per heavy atom. The van der Waals surface area contributed by atoms with Crippen molar-refractivity contribution in [3.8, 4) is 17.5 Å². The van der Waals surface area contributed by atoms with Crippen molar-refractivity contribution >= 4 is 23.5 Å². The average molecular weight is 617 g/mol. The molecule has 12 nitrogen and oxygen atoms in total. The van der Waals surface area contributed by atoms with Crippen LogP contribution in [0.2, 0.25) is 0 Å². The van der Waals surface area contributed by atoms with Crippen molar-refractivity contribution < 1.29 is 19.4 Å². The minimum absolute atomic E-state index is 0.0111. The van der Waals surface area contributed by atoms with Gasteiger partial charge in [0.15, 0.2) is 11.6 Å². The Morgan fingerprint density at radius 2 is 1.17 bits per heavy atom. The van der Waals surface area contributed by atoms with Gasteiger partial charge in [0.05, 0.1) is 33.9 Å². The van der Waals surface area contributed by atoms with Crippen molar-refractivity contribution in [2.75, 3.05) is 11.5 Å². The van der Waals surface area contributed by atoms with Crippen LogP contribution in [-0.2, 0) is 12.8 Å². The number of nitrogens with two attached hydrogens (primary N) is 2. The predicted octanol–water partition coefficient (Wildman–Crippen LogP) is 4.85. The molecule has 2 aromatic carbocycles. The second-order valence-electron chi connectivity index (χ2n) is 11.3. The molecule has 2 aliphatic carbocycles. The normalized spacial score (nSPS) is 16.9. The molecule has 0 saturated carbocycles. The highest BCUT2D eigenvalue weighted by molar-refractivity contribution is 6.00. The van der Waals surface area contributed by atoms with Crippen molar-refractivity contribution in [1.82, 2.24) is 29.9 Å². The monoisotopic (exact) mass is 616 g/mol. The van der Waals surface area contributed by atoms with E-state index in [2.05, 4.69) is 29.9 Å². The second kappa shape index (κ2) is 12.7. The zero-order valence-corrected chi connectivity index (χ0v) is 25.3. The van der Waals surface area contributed by atoms with E-state index < -0.39 is 0 Å². The molecule has 0 spiro atoms. The Balaban J connectivity index is 0.000000167. The number of aryl methyl sites for hydroxylation is 2. The van der Waals surface area contributed by atoms with Gasteiger partial charge in [0.1, 0.15) is 11.5 Å². The number of ketones is 2. The highest BCUT2D eigenvalue weighted by Gasteiger charge is 2.32. The fourth-order valence-electron chi connectivity index (χ4n) is 6.21. The van der Waals surface area contributed by atoms with E-state index >= 15 is 0 Å². The van der Waals surface area contributed by atoms with E-state index in [1.54, 1.807) is 44.4 Å². The van der Waals surface area contributed by atoms with Gasteiger partial charge in [-0.3, -0.25) is 9.59 Å². The molecular formula is C34H32N8O4. The minimum atomic E-state index is -0.0649. The number of anilines is 2. The Kier molecular flexibility index (Phi) is 8.34. The van der Waals surface area contributed by atoms with Gasteiger partial charge in [-0.15, -0.1) is 0 Å². The number of aromatic nitrogens is 6. The number of phenols is 1. The summed E-state index contributed by atoms with van der Waals surface area (Å²) in [7, 11) is 0. The van der Waals surface area contributed by atoms with Crippen LogP contribution in [0.5, 0.6) is 17.5 Å². The SMILES string of the molecule is Cc1nc(N)nc2c1C(=O)CC(c1ccccc1O)C2.Cc1nc(N)nc2c1C(=O)CC(c1ccccc1Oc1ncccn1)C2. The molecule has 3 heterocycles. The topological polar surface area (TPSA) is 193 Å². The molecule has 3 aromatic heterocycles. The van der Waals surface area contributed by atoms with E-state index in [1.807, 2.05) is 36.4 Å². The molecule has 12 heteroatoms. The molecule has 46 heavy (non-hydrogen) atoms. The predicted molar refractivity (Wildman–Crippen MR) is 170 cm³/mol. The molecule has 2 unspecified atom stereocenters. The maximum absolute atomic E-state index is 12.7. The van der Waals surface area contributed by atoms with Gasteiger partial charge < -0.3 is 21.3 Å². The molecular weight excluding hydrogens is 584 g/mol. The second-order valence-corrected chi connectivity index (χ2v) is 11.3. The van der Waals surface area contributed by atoms with Crippen LogP contribution in [0.25, 0.3) is 0 Å². The van der Waals surface area contributed by atoms with Crippen LogP contribution < -0.4 is 16.2 Å². The Morgan fingerprint density at radius 3 is 1.74 bits per heavy atom. The number of para-hydroxylation sites is 2. The summed E-state index contributed by atoms with van der Waals surface area (Å²) in [5.74, 6) is 1.15. The Labute approximate surface area is 265 Å². The van der Waals surface area contributed by atoms with Gasteiger partial charge in [-0.1, -0.05) is 36.4 Å². The van der Waals surface area contributed by atoms with Gasteiger partial charge in [0, 0.05) is 37.1 Å². The van der Waals surface area contributed by atoms with Crippen LogP contribution >= 0.6 is 0 Å². The van der Waals surface area contributed by atoms with Crippen LogP contribution in [-0.4, -0.2) is 46.6 Å². The lowest BCUT2D eigenvalue weighted by atomic mass is 9.81. The van der Waals surface area contributed by atoms with Crippen LogP contribution in [0.3, 0.4) is 0 Å². The first kappa shape index (κ1) is 30.3. The molecule has 0 radical (unpaired) electrons. The Bertz CT molecular complexity index is 1950. The third kappa shape index (κ3) is 6.23. The van der Waals surface area contributed by atoms with E-state index in [-0.39, 0.29) is 47.1 Å². The molecule has 0 fully saturated rings. The quantitative estimate of drug-likeness (QED) is 0.249. The molecule has 232 valence electrons. The number of hydrogen-bond acceptors (Lipinski definition) is 12. The first-order valence-electron chi connectivity index (χ1n) is 14.8. The van der Waals surface area contributed by atoms with Gasteiger partial charge in [-0.2, -0.15) is 0 Å². The number of ether oxygens (including phenoxy) is 1. The molecule has 2 aliphatic rings. The third-order valence-corrected chi connectivity index (χ3v) is 8.14. The number of rotatable bonds is 4. The van der Waals surface area contributed by atoms with Crippen LogP contribution in [0.15, 0.2) is 67.0 Å². The van der Waals surface area contributed by atoms with E-state index in [1.165, 1.54) is 0 Å². The molecule has 0 saturated heterocycles. The van der Waals surface area contributed by atoms with Crippen molar-refractivity contribution in [3.05, 3.63) is 112 Å². The number of carbonyl (C=O) groups excluding carboxylic acids is 2. The maximum atomic E-state index is 12.7. The van der Waals surface area contributed by atoms with Crippen molar-refractivity contribution in [1.29, 1.82) is 0 Å². The lowest BCUT2D eigenvalue weighted by molar-refractivity contribution is 0.0953. The summed E-state index contributed by atoms with van der Waals surface area (Å²) in [5.41, 5.74) is 17.0. The molecule has 0 aliphatic heterocycles. The summed E-state index contributed by atoms with van der Waals surface area (Å²) in [6, 6.07) is 16.7. The van der Waals surface area contributed by atoms with E-state index in [4.69, 9.17) is 16.2 Å². The molecule has 0 bridgehead atoms. The fraction of sp³-hybridized carbons (Fsp3) is 0.235. The zero-order chi connectivity index (χ0) is 32.4. The van der Waals surface area contributed by atoms with Crippen molar-refractivity contribution in [2.45, 2.75) is 51.4 Å². The lowest BCUT2D eigenvalue weighted by Gasteiger charge is -2.25. The van der Waals surface area contributed by atoms with Crippen LogP contribution in [0.1, 0.15) is 79.3 Å². The highest BCUT2D eigenvalue weighted by atomic mass is 16.5. The van der Waals surface area contributed by atoms with Crippen molar-refractivity contribution in [2.24, 2.45) is 0 Å². The number of nitrogens with zero attached hydrogens (tertiary/aromatic N) is 6. The number of Topliss-reactive ketones (excluding diaryl/α,β-unsaturated/α-hetero) is 2. The number of carbonyl (C=O) groups is 2. The number of fused-ring (bicyclic) bond motifs is 2. The molecule has 2 atom stereocenters. The summed E-state index contributed by atoms with van der Waals surface area (Å²) < 4.78 is 5.84. The average Bonchev–Trinajstić information content (AvgIpc) is 3.01. The van der Waals surface area contributed by atoms with Gasteiger partial charge in [-0.25, -0.2) is 29.9 Å². The number of hydrogen-bond donors (Lipinski definition) is 3. The fourth-order valence-corrected chi connectivity index (χ4v) is 6.21. The number of benzene rings is 2.